The summed E-state index contributed by atoms with van der Waals surface area (Å²) in [5.41, 5.74) is 1.38. The third-order valence-corrected chi connectivity index (χ3v) is 4.08. The smallest absolute Gasteiger partial charge is 0.0728 e. The van der Waals surface area contributed by atoms with E-state index in [0.717, 1.165) is 3.72 Å². The summed E-state index contributed by atoms with van der Waals surface area (Å²) in [6.07, 6.45) is 3.66. The molecule has 0 heterocycles. The van der Waals surface area contributed by atoms with Crippen molar-refractivity contribution in [2.45, 2.75) is 39.0 Å². The standard InChI is InChI=1S/C14H20IN/c1-3-4-10-13(11(2)14(15)16)12-8-6-5-7-9-12/h5-9,11,13,16H,3-4,10H2,1-2H3. The molecule has 1 rings (SSSR count). The third-order valence-electron chi connectivity index (χ3n) is 3.10. The molecule has 16 heavy (non-hydrogen) atoms. The number of nitrogens with one attached hydrogen (secondary N) is 1. The maximum absolute atomic E-state index is 7.80. The molecule has 0 aromatic heterocycles. The molecule has 2 unspecified atom stereocenters. The molecule has 0 aliphatic rings. The van der Waals surface area contributed by atoms with E-state index in [-0.39, 0.29) is 0 Å². The summed E-state index contributed by atoms with van der Waals surface area (Å²) in [5, 5.41) is 7.80. The van der Waals surface area contributed by atoms with Crippen LogP contribution in [0.1, 0.15) is 44.6 Å². The Morgan fingerprint density at radius 1 is 1.31 bits per heavy atom. The first-order valence-electron chi connectivity index (χ1n) is 5.95. The van der Waals surface area contributed by atoms with E-state index >= 15 is 0 Å². The van der Waals surface area contributed by atoms with E-state index in [1.165, 1.54) is 24.8 Å². The second-order valence-electron chi connectivity index (χ2n) is 4.30. The highest BCUT2D eigenvalue weighted by Crippen LogP contribution is 2.31. The molecular formula is C14H20IN. The summed E-state index contributed by atoms with van der Waals surface area (Å²) in [6, 6.07) is 10.6. The zero-order valence-corrected chi connectivity index (χ0v) is 12.2. The lowest BCUT2D eigenvalue weighted by Crippen LogP contribution is -2.15. The van der Waals surface area contributed by atoms with Crippen LogP contribution in [0.2, 0.25) is 0 Å². The van der Waals surface area contributed by atoms with Gasteiger partial charge in [-0.2, -0.15) is 0 Å². The van der Waals surface area contributed by atoms with Gasteiger partial charge in [-0.15, -0.1) is 0 Å². The fourth-order valence-corrected chi connectivity index (χ4v) is 2.44. The van der Waals surface area contributed by atoms with Crippen molar-refractivity contribution < 1.29 is 0 Å². The summed E-state index contributed by atoms with van der Waals surface area (Å²) in [6.45, 7) is 4.39. The predicted molar refractivity (Wildman–Crippen MR) is 79.6 cm³/mol. The Kier molecular flexibility index (Phi) is 6.03. The van der Waals surface area contributed by atoms with Gasteiger partial charge in [0.25, 0.3) is 0 Å². The third kappa shape index (κ3) is 3.89. The van der Waals surface area contributed by atoms with Crippen LogP contribution in [0.5, 0.6) is 0 Å². The molecule has 0 saturated heterocycles. The molecule has 0 spiro atoms. The Morgan fingerprint density at radius 3 is 2.44 bits per heavy atom. The summed E-state index contributed by atoms with van der Waals surface area (Å²) >= 11 is 2.15. The van der Waals surface area contributed by atoms with E-state index in [2.05, 4.69) is 66.8 Å². The van der Waals surface area contributed by atoms with Crippen molar-refractivity contribution in [1.82, 2.24) is 0 Å². The van der Waals surface area contributed by atoms with Crippen LogP contribution in [0, 0.1) is 11.3 Å². The summed E-state index contributed by atoms with van der Waals surface area (Å²) in [4.78, 5) is 0. The molecule has 0 saturated carbocycles. The van der Waals surface area contributed by atoms with Crippen molar-refractivity contribution in [2.24, 2.45) is 5.92 Å². The number of hydrogen-bond acceptors (Lipinski definition) is 1. The molecule has 0 fully saturated rings. The minimum atomic E-state index is 0.342. The normalized spacial score (nSPS) is 14.4. The van der Waals surface area contributed by atoms with Crippen LogP contribution in [0.25, 0.3) is 0 Å². The molecule has 0 aliphatic heterocycles. The molecule has 1 aromatic carbocycles. The minimum Gasteiger partial charge on any atom is -0.298 e. The van der Waals surface area contributed by atoms with Crippen molar-refractivity contribution in [2.75, 3.05) is 0 Å². The van der Waals surface area contributed by atoms with Gasteiger partial charge in [0, 0.05) is 5.92 Å². The number of benzene rings is 1. The van der Waals surface area contributed by atoms with Crippen molar-refractivity contribution in [1.29, 1.82) is 5.41 Å². The van der Waals surface area contributed by atoms with E-state index in [0.29, 0.717) is 11.8 Å². The van der Waals surface area contributed by atoms with Gasteiger partial charge in [-0.3, -0.25) is 5.41 Å². The van der Waals surface area contributed by atoms with E-state index < -0.39 is 0 Å². The van der Waals surface area contributed by atoms with Crippen LogP contribution < -0.4 is 0 Å². The van der Waals surface area contributed by atoms with Crippen molar-refractivity contribution in [3.05, 3.63) is 35.9 Å². The van der Waals surface area contributed by atoms with E-state index in [4.69, 9.17) is 5.41 Å². The first-order chi connectivity index (χ1) is 7.66. The SMILES string of the molecule is CCCCC(c1ccccc1)C(C)C(=N)I. The van der Waals surface area contributed by atoms with Crippen LogP contribution in [0.3, 0.4) is 0 Å². The Balaban J connectivity index is 2.83. The number of unbranched alkanes of at least 4 members (excludes halogenated alkanes) is 1. The van der Waals surface area contributed by atoms with E-state index in [9.17, 15) is 0 Å². The maximum atomic E-state index is 7.80. The zero-order chi connectivity index (χ0) is 12.0. The Hall–Kier alpha value is -0.380. The highest BCUT2D eigenvalue weighted by atomic mass is 127. The monoisotopic (exact) mass is 329 g/mol. The van der Waals surface area contributed by atoms with Gasteiger partial charge in [0.05, 0.1) is 3.72 Å². The van der Waals surface area contributed by atoms with Crippen LogP contribution >= 0.6 is 22.6 Å². The summed E-state index contributed by atoms with van der Waals surface area (Å²) in [7, 11) is 0. The highest BCUT2D eigenvalue weighted by Gasteiger charge is 2.20. The van der Waals surface area contributed by atoms with Gasteiger partial charge in [-0.1, -0.05) is 57.0 Å². The average molecular weight is 329 g/mol. The first kappa shape index (κ1) is 13.7. The van der Waals surface area contributed by atoms with Crippen molar-refractivity contribution in [3.63, 3.8) is 0 Å². The fourth-order valence-electron chi connectivity index (χ4n) is 2.01. The minimum absolute atomic E-state index is 0.342. The molecule has 2 atom stereocenters. The topological polar surface area (TPSA) is 23.9 Å². The molecule has 0 bridgehead atoms. The van der Waals surface area contributed by atoms with E-state index in [1.54, 1.807) is 0 Å². The van der Waals surface area contributed by atoms with Gasteiger partial charge in [0.2, 0.25) is 0 Å². The second-order valence-corrected chi connectivity index (χ2v) is 5.46. The average Bonchev–Trinajstić information content (AvgIpc) is 2.30. The number of halogens is 1. The van der Waals surface area contributed by atoms with Crippen LogP contribution in [0.4, 0.5) is 0 Å². The molecule has 1 nitrogen and oxygen atoms in total. The molecule has 0 aliphatic carbocycles. The quantitative estimate of drug-likeness (QED) is 0.560. The molecule has 1 aromatic rings. The van der Waals surface area contributed by atoms with Gasteiger partial charge >= 0.3 is 0 Å². The lowest BCUT2D eigenvalue weighted by molar-refractivity contribution is 0.513. The Bertz CT molecular complexity index is 321. The van der Waals surface area contributed by atoms with Gasteiger partial charge in [0.1, 0.15) is 0 Å². The molecule has 0 radical (unpaired) electrons. The summed E-state index contributed by atoms with van der Waals surface area (Å²) < 4.78 is 0.766. The second kappa shape index (κ2) is 7.05. The van der Waals surface area contributed by atoms with Crippen LogP contribution in [-0.2, 0) is 0 Å². The molecule has 2 heteroatoms. The highest BCUT2D eigenvalue weighted by molar-refractivity contribution is 14.1. The number of hydrogen-bond donors (Lipinski definition) is 1. The molecule has 88 valence electrons. The first-order valence-corrected chi connectivity index (χ1v) is 7.03. The maximum Gasteiger partial charge on any atom is 0.0728 e. The Morgan fingerprint density at radius 2 is 1.94 bits per heavy atom. The zero-order valence-electron chi connectivity index (χ0n) is 10.0. The fraction of sp³-hybridized carbons (Fsp3) is 0.500. The van der Waals surface area contributed by atoms with Gasteiger partial charge < -0.3 is 0 Å². The van der Waals surface area contributed by atoms with Gasteiger partial charge in [0.15, 0.2) is 0 Å². The Labute approximate surface area is 112 Å². The van der Waals surface area contributed by atoms with Gasteiger partial charge in [-0.25, -0.2) is 0 Å². The largest absolute Gasteiger partial charge is 0.298 e. The van der Waals surface area contributed by atoms with Gasteiger partial charge in [-0.05, 0) is 40.5 Å². The van der Waals surface area contributed by atoms with Crippen LogP contribution in [0.15, 0.2) is 30.3 Å². The lowest BCUT2D eigenvalue weighted by atomic mass is 9.84. The molecular weight excluding hydrogens is 309 g/mol. The van der Waals surface area contributed by atoms with Crippen molar-refractivity contribution in [3.8, 4) is 0 Å². The van der Waals surface area contributed by atoms with E-state index in [1.807, 2.05) is 0 Å². The lowest BCUT2D eigenvalue weighted by Gasteiger charge is -2.23. The van der Waals surface area contributed by atoms with Crippen molar-refractivity contribution >= 4 is 26.3 Å². The van der Waals surface area contributed by atoms with Crippen LogP contribution in [-0.4, -0.2) is 3.72 Å². The molecule has 0 amide bonds. The predicted octanol–water partition coefficient (Wildman–Crippen LogP) is 5.01. The molecule has 1 N–H and O–H groups in total. The summed E-state index contributed by atoms with van der Waals surface area (Å²) in [5.74, 6) is 0.847. The number of rotatable bonds is 6.